The van der Waals surface area contributed by atoms with Crippen LogP contribution in [0, 0.1) is 5.82 Å². The first-order valence-corrected chi connectivity index (χ1v) is 12.8. The SMILES string of the molecule is CCNC(=O)[C@H](CC)N(Cc1ccc(Cl)cc1Cl)C(=O)CN(c1cccc(F)c1)S(C)(=O)=O. The van der Waals surface area contributed by atoms with Crippen molar-refractivity contribution in [3.05, 3.63) is 63.9 Å². The molecule has 1 atom stereocenters. The fraction of sp³-hybridized carbons (Fsp3) is 0.364. The molecule has 0 fully saturated rings. The summed E-state index contributed by atoms with van der Waals surface area (Å²) >= 11 is 12.3. The molecular weight excluding hydrogens is 492 g/mol. The van der Waals surface area contributed by atoms with E-state index in [9.17, 15) is 22.4 Å². The Morgan fingerprint density at radius 3 is 2.36 bits per heavy atom. The molecule has 0 saturated carbocycles. The highest BCUT2D eigenvalue weighted by Gasteiger charge is 2.32. The zero-order valence-corrected chi connectivity index (χ0v) is 20.8. The molecule has 7 nitrogen and oxygen atoms in total. The van der Waals surface area contributed by atoms with Crippen LogP contribution in [0.5, 0.6) is 0 Å². The van der Waals surface area contributed by atoms with Crippen LogP contribution in [0.15, 0.2) is 42.5 Å². The van der Waals surface area contributed by atoms with Crippen LogP contribution in [0.25, 0.3) is 0 Å². The van der Waals surface area contributed by atoms with E-state index in [1.165, 1.54) is 29.2 Å². The molecule has 0 aromatic heterocycles. The summed E-state index contributed by atoms with van der Waals surface area (Å²) in [5.74, 6) is -1.67. The minimum absolute atomic E-state index is 0.00128. The number of carbonyl (C=O) groups excluding carboxylic acids is 2. The van der Waals surface area contributed by atoms with Gasteiger partial charge in [-0.25, -0.2) is 12.8 Å². The number of anilines is 1. The topological polar surface area (TPSA) is 86.8 Å². The first-order valence-electron chi connectivity index (χ1n) is 10.2. The lowest BCUT2D eigenvalue weighted by Gasteiger charge is -2.33. The lowest BCUT2D eigenvalue weighted by molar-refractivity contribution is -0.140. The Kier molecular flexibility index (Phi) is 9.51. The van der Waals surface area contributed by atoms with Gasteiger partial charge in [-0.05, 0) is 49.2 Å². The summed E-state index contributed by atoms with van der Waals surface area (Å²) in [5, 5.41) is 3.41. The molecule has 180 valence electrons. The van der Waals surface area contributed by atoms with E-state index in [1.54, 1.807) is 26.0 Å². The molecule has 0 radical (unpaired) electrons. The van der Waals surface area contributed by atoms with Crippen LogP contribution in [-0.2, 0) is 26.2 Å². The molecule has 0 heterocycles. The van der Waals surface area contributed by atoms with Crippen molar-refractivity contribution in [2.45, 2.75) is 32.9 Å². The smallest absolute Gasteiger partial charge is 0.244 e. The third kappa shape index (κ3) is 7.31. The quantitative estimate of drug-likeness (QED) is 0.518. The van der Waals surface area contributed by atoms with Gasteiger partial charge in [0, 0.05) is 23.1 Å². The van der Waals surface area contributed by atoms with Crippen LogP contribution in [-0.4, -0.2) is 50.5 Å². The lowest BCUT2D eigenvalue weighted by atomic mass is 10.1. The number of rotatable bonds is 10. The van der Waals surface area contributed by atoms with Gasteiger partial charge in [0.1, 0.15) is 18.4 Å². The molecule has 0 aliphatic heterocycles. The minimum Gasteiger partial charge on any atom is -0.355 e. The van der Waals surface area contributed by atoms with Gasteiger partial charge in [-0.3, -0.25) is 13.9 Å². The molecule has 0 bridgehead atoms. The number of halogens is 3. The molecule has 0 aliphatic rings. The summed E-state index contributed by atoms with van der Waals surface area (Å²) in [6, 6.07) is 8.81. The Balaban J connectivity index is 2.46. The van der Waals surface area contributed by atoms with Crippen molar-refractivity contribution in [2.75, 3.05) is 23.7 Å². The molecule has 2 rings (SSSR count). The summed E-state index contributed by atoms with van der Waals surface area (Å²) < 4.78 is 39.4. The van der Waals surface area contributed by atoms with Crippen molar-refractivity contribution in [3.8, 4) is 0 Å². The van der Waals surface area contributed by atoms with Crippen LogP contribution in [0.2, 0.25) is 10.0 Å². The first-order chi connectivity index (χ1) is 15.5. The number of hydrogen-bond acceptors (Lipinski definition) is 4. The normalized spacial score (nSPS) is 12.2. The maximum Gasteiger partial charge on any atom is 0.244 e. The summed E-state index contributed by atoms with van der Waals surface area (Å²) in [6.45, 7) is 3.18. The minimum atomic E-state index is -3.94. The Labute approximate surface area is 203 Å². The van der Waals surface area contributed by atoms with Gasteiger partial charge in [0.2, 0.25) is 21.8 Å². The zero-order chi connectivity index (χ0) is 24.8. The van der Waals surface area contributed by atoms with Gasteiger partial charge in [0.25, 0.3) is 0 Å². The average molecular weight is 518 g/mol. The standard InChI is InChI=1S/C22H26Cl2FN3O4S/c1-4-20(22(30)26-5-2)27(13-15-9-10-16(23)11-19(15)24)21(29)14-28(33(3,31)32)18-8-6-7-17(25)12-18/h6-12,20H,4-5,13-14H2,1-3H3,(H,26,30)/t20-/m0/s1. The van der Waals surface area contributed by atoms with Crippen molar-refractivity contribution >= 4 is 50.7 Å². The van der Waals surface area contributed by atoms with Gasteiger partial charge >= 0.3 is 0 Å². The Morgan fingerprint density at radius 1 is 1.12 bits per heavy atom. The van der Waals surface area contributed by atoms with Gasteiger partial charge in [-0.1, -0.05) is 42.3 Å². The highest BCUT2D eigenvalue weighted by Crippen LogP contribution is 2.25. The number of amides is 2. The second kappa shape index (κ2) is 11.7. The summed E-state index contributed by atoms with van der Waals surface area (Å²) in [6.07, 6.45) is 1.20. The van der Waals surface area contributed by atoms with Crippen LogP contribution < -0.4 is 9.62 Å². The van der Waals surface area contributed by atoms with Crippen molar-refractivity contribution in [1.82, 2.24) is 10.2 Å². The number of carbonyl (C=O) groups is 2. The molecule has 0 unspecified atom stereocenters. The van der Waals surface area contributed by atoms with E-state index in [0.717, 1.165) is 16.6 Å². The maximum absolute atomic E-state index is 13.8. The molecule has 0 aliphatic carbocycles. The van der Waals surface area contributed by atoms with Crippen molar-refractivity contribution in [2.24, 2.45) is 0 Å². The lowest BCUT2D eigenvalue weighted by Crippen LogP contribution is -2.52. The highest BCUT2D eigenvalue weighted by atomic mass is 35.5. The predicted molar refractivity (Wildman–Crippen MR) is 128 cm³/mol. The number of hydrogen-bond donors (Lipinski definition) is 1. The number of nitrogens with one attached hydrogen (secondary N) is 1. The fourth-order valence-corrected chi connectivity index (χ4v) is 4.60. The second-order valence-corrected chi connectivity index (χ2v) is 10.1. The van der Waals surface area contributed by atoms with Crippen molar-refractivity contribution < 1.29 is 22.4 Å². The first kappa shape index (κ1) is 26.9. The van der Waals surface area contributed by atoms with Crippen LogP contribution >= 0.6 is 23.2 Å². The van der Waals surface area contributed by atoms with Crippen molar-refractivity contribution in [1.29, 1.82) is 0 Å². The Morgan fingerprint density at radius 2 is 1.82 bits per heavy atom. The van der Waals surface area contributed by atoms with Gasteiger partial charge in [0.05, 0.1) is 11.9 Å². The van der Waals surface area contributed by atoms with E-state index in [2.05, 4.69) is 5.32 Å². The Hall–Kier alpha value is -2.36. The van der Waals surface area contributed by atoms with Gasteiger partial charge in [0.15, 0.2) is 0 Å². The monoisotopic (exact) mass is 517 g/mol. The molecule has 2 amide bonds. The number of nitrogens with zero attached hydrogens (tertiary/aromatic N) is 2. The second-order valence-electron chi connectivity index (χ2n) is 7.33. The largest absolute Gasteiger partial charge is 0.355 e. The van der Waals surface area contributed by atoms with Crippen LogP contribution in [0.3, 0.4) is 0 Å². The van der Waals surface area contributed by atoms with E-state index >= 15 is 0 Å². The summed E-state index contributed by atoms with van der Waals surface area (Å²) in [7, 11) is -3.94. The summed E-state index contributed by atoms with van der Waals surface area (Å²) in [4.78, 5) is 27.4. The van der Waals surface area contributed by atoms with Gasteiger partial charge < -0.3 is 10.2 Å². The van der Waals surface area contributed by atoms with Crippen LogP contribution in [0.4, 0.5) is 10.1 Å². The molecule has 2 aromatic carbocycles. The summed E-state index contributed by atoms with van der Waals surface area (Å²) in [5.41, 5.74) is 0.537. The number of benzene rings is 2. The average Bonchev–Trinajstić information content (AvgIpc) is 2.72. The van der Waals surface area contributed by atoms with E-state index in [0.29, 0.717) is 22.2 Å². The molecule has 33 heavy (non-hydrogen) atoms. The predicted octanol–water partition coefficient (Wildman–Crippen LogP) is 3.84. The molecule has 0 saturated heterocycles. The van der Waals surface area contributed by atoms with Gasteiger partial charge in [-0.15, -0.1) is 0 Å². The van der Waals surface area contributed by atoms with Gasteiger partial charge in [-0.2, -0.15) is 0 Å². The molecule has 0 spiro atoms. The number of likely N-dealkylation sites (N-methyl/N-ethyl adjacent to an activating group) is 1. The van der Waals surface area contributed by atoms with Crippen LogP contribution in [0.1, 0.15) is 25.8 Å². The maximum atomic E-state index is 13.8. The van der Waals surface area contributed by atoms with E-state index in [1.807, 2.05) is 0 Å². The molecule has 2 aromatic rings. The Bertz CT molecular complexity index is 1110. The van der Waals surface area contributed by atoms with E-state index in [4.69, 9.17) is 23.2 Å². The fourth-order valence-electron chi connectivity index (χ4n) is 3.29. The molecule has 1 N–H and O–H groups in total. The molecule has 11 heteroatoms. The highest BCUT2D eigenvalue weighted by molar-refractivity contribution is 7.92. The molecular formula is C22H26Cl2FN3O4S. The van der Waals surface area contributed by atoms with Crippen molar-refractivity contribution in [3.63, 3.8) is 0 Å². The number of sulfonamides is 1. The van der Waals surface area contributed by atoms with E-state index < -0.39 is 34.3 Å². The van der Waals surface area contributed by atoms with E-state index in [-0.39, 0.29) is 24.6 Å². The third-order valence-electron chi connectivity index (χ3n) is 4.87. The third-order valence-corrected chi connectivity index (χ3v) is 6.60. The zero-order valence-electron chi connectivity index (χ0n) is 18.5.